The summed E-state index contributed by atoms with van der Waals surface area (Å²) in [7, 11) is 0. The minimum atomic E-state index is -0.542. The lowest BCUT2D eigenvalue weighted by molar-refractivity contribution is 0.753. The maximum Gasteiger partial charge on any atom is 0.0755 e. The first kappa shape index (κ1) is 30.3. The highest BCUT2D eigenvalue weighted by atomic mass is 15.2. The summed E-state index contributed by atoms with van der Waals surface area (Å²) in [6.07, 6.45) is 0. The second kappa shape index (κ2) is 11.4. The third-order valence-electron chi connectivity index (χ3n) is 12.0. The van der Waals surface area contributed by atoms with E-state index >= 15 is 0 Å². The van der Waals surface area contributed by atoms with E-state index in [4.69, 9.17) is 4.98 Å². The lowest BCUT2D eigenvalue weighted by Crippen LogP contribution is -2.36. The van der Waals surface area contributed by atoms with Gasteiger partial charge in [0.05, 0.1) is 39.0 Å². The quantitative estimate of drug-likeness (QED) is 0.183. The van der Waals surface area contributed by atoms with Crippen molar-refractivity contribution < 1.29 is 0 Å². The van der Waals surface area contributed by atoms with E-state index in [0.29, 0.717) is 0 Å². The molecule has 10 aromatic rings. The van der Waals surface area contributed by atoms with Crippen molar-refractivity contribution in [2.24, 2.45) is 0 Å². The van der Waals surface area contributed by atoms with E-state index in [0.717, 1.165) is 33.5 Å². The number of aromatic nitrogens is 2. The van der Waals surface area contributed by atoms with Gasteiger partial charge in [0.25, 0.3) is 0 Å². The predicted molar refractivity (Wildman–Crippen MR) is 227 cm³/mol. The van der Waals surface area contributed by atoms with Crippen molar-refractivity contribution in [3.05, 3.63) is 222 Å². The van der Waals surface area contributed by atoms with Gasteiger partial charge in [0.1, 0.15) is 0 Å². The van der Waals surface area contributed by atoms with Gasteiger partial charge in [0, 0.05) is 38.7 Å². The topological polar surface area (TPSA) is 21.1 Å². The number of benzene rings is 8. The number of nitrogens with zero attached hydrogens (tertiary/aromatic N) is 3. The molecular weight excluding hydrogens is 667 g/mol. The summed E-state index contributed by atoms with van der Waals surface area (Å²) >= 11 is 0. The Morgan fingerprint density at radius 1 is 0.436 bits per heavy atom. The fourth-order valence-electron chi connectivity index (χ4n) is 9.80. The van der Waals surface area contributed by atoms with E-state index in [9.17, 15) is 0 Å². The SMILES string of the molecule is c1ccc(-n2c3ccccc3c3ccc4c(c32)-c2ccccc2C42c3ccccc3N(c3cccc(-c4ccc5ccccc5n4)c3)c3ccccc32)cc1. The van der Waals surface area contributed by atoms with Crippen LogP contribution in [0.4, 0.5) is 17.1 Å². The number of hydrogen-bond acceptors (Lipinski definition) is 2. The molecule has 3 heterocycles. The number of anilines is 3. The van der Waals surface area contributed by atoms with Crippen LogP contribution >= 0.6 is 0 Å². The number of para-hydroxylation sites is 5. The van der Waals surface area contributed by atoms with Crippen molar-refractivity contribution in [2.45, 2.75) is 5.41 Å². The van der Waals surface area contributed by atoms with E-state index in [1.165, 1.54) is 66.6 Å². The van der Waals surface area contributed by atoms with Gasteiger partial charge >= 0.3 is 0 Å². The van der Waals surface area contributed by atoms with Gasteiger partial charge in [-0.15, -0.1) is 0 Å². The fraction of sp³-hybridized carbons (Fsp3) is 0.0192. The van der Waals surface area contributed by atoms with E-state index in [1.807, 2.05) is 0 Å². The Morgan fingerprint density at radius 2 is 1.11 bits per heavy atom. The van der Waals surface area contributed by atoms with Crippen LogP contribution in [0.3, 0.4) is 0 Å². The Morgan fingerprint density at radius 3 is 1.95 bits per heavy atom. The van der Waals surface area contributed by atoms with Gasteiger partial charge < -0.3 is 9.47 Å². The summed E-state index contributed by atoms with van der Waals surface area (Å²) in [5.41, 5.74) is 17.4. The van der Waals surface area contributed by atoms with Gasteiger partial charge in [-0.05, 0) is 82.4 Å². The third-order valence-corrected chi connectivity index (χ3v) is 12.0. The minimum absolute atomic E-state index is 0.542. The highest BCUT2D eigenvalue weighted by Crippen LogP contribution is 2.64. The number of hydrogen-bond donors (Lipinski definition) is 0. The van der Waals surface area contributed by atoms with E-state index < -0.39 is 5.41 Å². The van der Waals surface area contributed by atoms with Gasteiger partial charge in [-0.1, -0.05) is 146 Å². The van der Waals surface area contributed by atoms with E-state index in [2.05, 4.69) is 210 Å². The molecule has 12 rings (SSSR count). The van der Waals surface area contributed by atoms with Crippen LogP contribution in [0.15, 0.2) is 200 Å². The van der Waals surface area contributed by atoms with Crippen molar-refractivity contribution in [1.82, 2.24) is 9.55 Å². The predicted octanol–water partition coefficient (Wildman–Crippen LogP) is 13.1. The van der Waals surface area contributed by atoms with Crippen molar-refractivity contribution in [2.75, 3.05) is 4.90 Å². The molecule has 2 aromatic heterocycles. The molecule has 0 saturated heterocycles. The first-order chi connectivity index (χ1) is 27.3. The largest absolute Gasteiger partial charge is 0.310 e. The molecule has 0 unspecified atom stereocenters. The second-order valence-electron chi connectivity index (χ2n) is 14.7. The number of pyridine rings is 1. The molecule has 0 N–H and O–H groups in total. The van der Waals surface area contributed by atoms with Crippen LogP contribution in [0, 0.1) is 0 Å². The molecule has 0 radical (unpaired) electrons. The molecule has 1 spiro atoms. The highest BCUT2D eigenvalue weighted by molar-refractivity contribution is 6.16. The average Bonchev–Trinajstić information content (AvgIpc) is 3.75. The summed E-state index contributed by atoms with van der Waals surface area (Å²) < 4.78 is 2.48. The molecule has 0 bridgehead atoms. The zero-order chi connectivity index (χ0) is 36.1. The molecule has 0 fully saturated rings. The maximum absolute atomic E-state index is 5.08. The molecule has 0 amide bonds. The molecule has 0 atom stereocenters. The zero-order valence-corrected chi connectivity index (χ0v) is 29.9. The molecule has 2 aliphatic rings. The summed E-state index contributed by atoms with van der Waals surface area (Å²) in [5.74, 6) is 0. The van der Waals surface area contributed by atoms with Crippen LogP contribution in [0.2, 0.25) is 0 Å². The molecule has 1 aliphatic carbocycles. The van der Waals surface area contributed by atoms with Crippen LogP contribution in [0.25, 0.3) is 60.8 Å². The van der Waals surface area contributed by atoms with Crippen LogP contribution < -0.4 is 4.90 Å². The van der Waals surface area contributed by atoms with Gasteiger partial charge in [0.2, 0.25) is 0 Å². The fourth-order valence-corrected chi connectivity index (χ4v) is 9.80. The number of fused-ring (bicyclic) bond motifs is 14. The first-order valence-corrected chi connectivity index (χ1v) is 19.0. The van der Waals surface area contributed by atoms with Gasteiger partial charge in [0.15, 0.2) is 0 Å². The normalized spacial score (nSPS) is 13.6. The summed E-state index contributed by atoms with van der Waals surface area (Å²) in [6, 6.07) is 73.2. The molecule has 55 heavy (non-hydrogen) atoms. The third kappa shape index (κ3) is 4.07. The Kier molecular flexibility index (Phi) is 6.26. The van der Waals surface area contributed by atoms with E-state index in [-0.39, 0.29) is 0 Å². The lowest BCUT2D eigenvalue weighted by atomic mass is 9.64. The van der Waals surface area contributed by atoms with Gasteiger partial charge in [-0.3, -0.25) is 0 Å². The molecule has 256 valence electrons. The Balaban J connectivity index is 1.15. The Labute approximate surface area is 319 Å². The molecular formula is C52H33N3. The van der Waals surface area contributed by atoms with Crippen molar-refractivity contribution >= 4 is 49.8 Å². The smallest absolute Gasteiger partial charge is 0.0755 e. The van der Waals surface area contributed by atoms with Crippen molar-refractivity contribution in [3.63, 3.8) is 0 Å². The van der Waals surface area contributed by atoms with Crippen molar-refractivity contribution in [3.8, 4) is 28.1 Å². The summed E-state index contributed by atoms with van der Waals surface area (Å²) in [4.78, 5) is 7.54. The second-order valence-corrected chi connectivity index (χ2v) is 14.7. The van der Waals surface area contributed by atoms with Crippen LogP contribution in [0.1, 0.15) is 22.3 Å². The Hall–Kier alpha value is -7.23. The lowest BCUT2D eigenvalue weighted by Gasteiger charge is -2.45. The molecule has 3 heteroatoms. The molecule has 8 aromatic carbocycles. The van der Waals surface area contributed by atoms with Crippen LogP contribution in [0.5, 0.6) is 0 Å². The molecule has 3 nitrogen and oxygen atoms in total. The first-order valence-electron chi connectivity index (χ1n) is 19.0. The summed E-state index contributed by atoms with van der Waals surface area (Å²) in [5, 5.41) is 3.67. The number of rotatable bonds is 3. The van der Waals surface area contributed by atoms with Crippen LogP contribution in [-0.2, 0) is 5.41 Å². The van der Waals surface area contributed by atoms with Crippen LogP contribution in [-0.4, -0.2) is 9.55 Å². The molecule has 0 saturated carbocycles. The van der Waals surface area contributed by atoms with E-state index in [1.54, 1.807) is 0 Å². The summed E-state index contributed by atoms with van der Waals surface area (Å²) in [6.45, 7) is 0. The Bertz CT molecular complexity index is 3130. The minimum Gasteiger partial charge on any atom is -0.310 e. The maximum atomic E-state index is 5.08. The zero-order valence-electron chi connectivity index (χ0n) is 29.9. The highest BCUT2D eigenvalue weighted by Gasteiger charge is 2.52. The van der Waals surface area contributed by atoms with Gasteiger partial charge in [-0.25, -0.2) is 4.98 Å². The monoisotopic (exact) mass is 699 g/mol. The molecule has 1 aliphatic heterocycles. The standard InChI is InChI=1S/C52H33N3/c1-2-17-36(18-3-1)55-47-26-11-6-20-38(47)39-30-31-44-50(51(39)55)40-21-5-7-22-41(40)52(44)42-23-8-12-27-48(42)54(49-28-13-9-24-43(49)52)37-19-14-16-35(33-37)46-32-29-34-15-4-10-25-45(34)53-46/h1-33H. The van der Waals surface area contributed by atoms with Crippen molar-refractivity contribution in [1.29, 1.82) is 0 Å². The average molecular weight is 700 g/mol. The van der Waals surface area contributed by atoms with Gasteiger partial charge in [-0.2, -0.15) is 0 Å².